The van der Waals surface area contributed by atoms with Crippen molar-refractivity contribution in [3.8, 4) is 17.5 Å². The first-order valence-electron chi connectivity index (χ1n) is 15.6. The maximum absolute atomic E-state index is 13.4. The number of carbonyl (C=O) groups is 3. The molecular weight excluding hydrogens is 657 g/mol. The van der Waals surface area contributed by atoms with E-state index < -0.39 is 40.9 Å². The fourth-order valence-corrected chi connectivity index (χ4v) is 5.90. The number of piperidine rings is 1. The molecule has 2 fully saturated rings. The molecular formula is C34H29F3N8O5. The first kappa shape index (κ1) is 32.4. The number of hydrogen-bond donors (Lipinski definition) is 2. The number of carbonyl (C=O) groups excluding carboxylic acids is 3. The van der Waals surface area contributed by atoms with Crippen LogP contribution >= 0.6 is 0 Å². The summed E-state index contributed by atoms with van der Waals surface area (Å²) in [6.07, 6.45) is 1.86. The largest absolute Gasteiger partial charge is 0.420 e. The molecule has 2 N–H and O–H groups in total. The number of imide groups is 1. The molecule has 0 bridgehead atoms. The molecule has 0 spiro atoms. The normalized spacial score (nSPS) is 16.9. The number of fused-ring (bicyclic) bond motifs is 1. The van der Waals surface area contributed by atoms with Crippen molar-refractivity contribution < 1.29 is 32.0 Å². The van der Waals surface area contributed by atoms with Gasteiger partial charge in [-0.2, -0.15) is 23.4 Å². The summed E-state index contributed by atoms with van der Waals surface area (Å²) < 4.78 is 49.7. The van der Waals surface area contributed by atoms with Gasteiger partial charge >= 0.3 is 11.9 Å². The maximum Gasteiger partial charge on any atom is 0.420 e. The Morgan fingerprint density at radius 1 is 1.08 bits per heavy atom. The van der Waals surface area contributed by atoms with Crippen molar-refractivity contribution in [2.45, 2.75) is 44.4 Å². The molecule has 5 heterocycles. The van der Waals surface area contributed by atoms with Crippen molar-refractivity contribution in [1.82, 2.24) is 29.4 Å². The molecule has 1 unspecified atom stereocenters. The quantitative estimate of drug-likeness (QED) is 0.202. The summed E-state index contributed by atoms with van der Waals surface area (Å²) in [5, 5.41) is 13.4. The number of anilines is 2. The number of benzene rings is 2. The zero-order valence-electron chi connectivity index (χ0n) is 26.7. The first-order valence-corrected chi connectivity index (χ1v) is 15.6. The van der Waals surface area contributed by atoms with Gasteiger partial charge in [0, 0.05) is 49.9 Å². The van der Waals surface area contributed by atoms with E-state index >= 15 is 0 Å². The van der Waals surface area contributed by atoms with Gasteiger partial charge in [0.15, 0.2) is 5.58 Å². The van der Waals surface area contributed by atoms with Gasteiger partial charge in [-0.25, -0.2) is 9.48 Å². The van der Waals surface area contributed by atoms with E-state index in [4.69, 9.17) is 4.42 Å². The number of halogens is 3. The molecule has 3 aromatic heterocycles. The molecule has 7 rings (SSSR count). The van der Waals surface area contributed by atoms with Crippen LogP contribution in [0.3, 0.4) is 0 Å². The summed E-state index contributed by atoms with van der Waals surface area (Å²) in [5.74, 6) is 4.26. The Hall–Kier alpha value is -6.11. The van der Waals surface area contributed by atoms with Crippen LogP contribution in [0.4, 0.5) is 24.5 Å². The number of nitrogens with one attached hydrogen (secondary N) is 2. The van der Waals surface area contributed by atoms with E-state index in [9.17, 15) is 32.3 Å². The van der Waals surface area contributed by atoms with Gasteiger partial charge in [0.1, 0.15) is 11.6 Å². The molecule has 0 saturated carbocycles. The van der Waals surface area contributed by atoms with Crippen molar-refractivity contribution in [2.24, 2.45) is 5.92 Å². The summed E-state index contributed by atoms with van der Waals surface area (Å²) in [7, 11) is 0. The van der Waals surface area contributed by atoms with E-state index in [1.807, 2.05) is 6.07 Å². The van der Waals surface area contributed by atoms with E-state index in [1.54, 1.807) is 38.2 Å². The van der Waals surface area contributed by atoms with Crippen LogP contribution < -0.4 is 21.3 Å². The third-order valence-electron chi connectivity index (χ3n) is 8.82. The highest BCUT2D eigenvalue weighted by Crippen LogP contribution is 2.34. The van der Waals surface area contributed by atoms with Crippen LogP contribution in [0.25, 0.3) is 16.8 Å². The highest BCUT2D eigenvalue weighted by Gasteiger charge is 2.35. The number of amides is 3. The SMILES string of the molecule is CC(C)(C(=O)Nc1ccc(C(F)(F)F)cc1-n1cccn1)n1cc(C#CC2CN(c3ccc4c(c3)oc(=O)n4C3CCC(=O)NC3=O)C2)cn1. The molecule has 2 aromatic carbocycles. The first-order chi connectivity index (χ1) is 23.8. The van der Waals surface area contributed by atoms with Crippen LogP contribution in [0.15, 0.2) is 76.5 Å². The lowest BCUT2D eigenvalue weighted by molar-refractivity contribution is -0.138. The van der Waals surface area contributed by atoms with Gasteiger partial charge in [-0.15, -0.1) is 0 Å². The van der Waals surface area contributed by atoms with Crippen molar-refractivity contribution in [3.05, 3.63) is 88.9 Å². The summed E-state index contributed by atoms with van der Waals surface area (Å²) >= 11 is 0. The Kier molecular flexibility index (Phi) is 7.85. The predicted octanol–water partition coefficient (Wildman–Crippen LogP) is 3.83. The van der Waals surface area contributed by atoms with Gasteiger partial charge in [0.25, 0.3) is 5.91 Å². The van der Waals surface area contributed by atoms with E-state index in [0.29, 0.717) is 29.8 Å². The third-order valence-corrected chi connectivity index (χ3v) is 8.82. The summed E-state index contributed by atoms with van der Waals surface area (Å²) in [6, 6.07) is 9.06. The van der Waals surface area contributed by atoms with Crippen LogP contribution in [-0.2, 0) is 26.1 Å². The van der Waals surface area contributed by atoms with Gasteiger partial charge < -0.3 is 14.6 Å². The molecule has 13 nitrogen and oxygen atoms in total. The second-order valence-corrected chi connectivity index (χ2v) is 12.6. The van der Waals surface area contributed by atoms with Gasteiger partial charge in [-0.05, 0) is 56.7 Å². The van der Waals surface area contributed by atoms with Crippen molar-refractivity contribution >= 4 is 40.2 Å². The van der Waals surface area contributed by atoms with Crippen LogP contribution in [0.5, 0.6) is 0 Å². The molecule has 50 heavy (non-hydrogen) atoms. The minimum atomic E-state index is -4.57. The number of nitrogens with zero attached hydrogens (tertiary/aromatic N) is 6. The van der Waals surface area contributed by atoms with Crippen LogP contribution in [-0.4, -0.2) is 54.9 Å². The minimum Gasteiger partial charge on any atom is -0.408 e. The standard InChI is InChI=1S/C34H29F3N8O5/c1-33(2,31(48)40-24-8-6-22(34(35,36)37)14-27(24)43-13-3-12-38-43)44-19-20(16-39-44)4-5-21-17-42(18-21)23-7-9-25-28(15-23)50-32(49)45(25)26-10-11-29(46)41-30(26)47/h3,6-9,12-16,19,21,26H,10-11,17-18H2,1-2H3,(H,40,48)(H,41,46,47). The van der Waals surface area contributed by atoms with Crippen molar-refractivity contribution in [3.63, 3.8) is 0 Å². The summed E-state index contributed by atoms with van der Waals surface area (Å²) in [4.78, 5) is 52.0. The zero-order chi connectivity index (χ0) is 35.4. The monoisotopic (exact) mass is 686 g/mol. The lowest BCUT2D eigenvalue weighted by Gasteiger charge is -2.38. The minimum absolute atomic E-state index is 0.0332. The molecule has 2 aliphatic rings. The Morgan fingerprint density at radius 2 is 1.88 bits per heavy atom. The number of hydrogen-bond acceptors (Lipinski definition) is 8. The second-order valence-electron chi connectivity index (χ2n) is 12.6. The Bertz CT molecular complexity index is 2270. The van der Waals surface area contributed by atoms with E-state index in [0.717, 1.165) is 17.8 Å². The molecule has 0 radical (unpaired) electrons. The lowest BCUT2D eigenvalue weighted by atomic mass is 9.99. The predicted molar refractivity (Wildman–Crippen MR) is 173 cm³/mol. The molecule has 2 aliphatic heterocycles. The lowest BCUT2D eigenvalue weighted by Crippen LogP contribution is -2.46. The van der Waals surface area contributed by atoms with Gasteiger partial charge in [-0.1, -0.05) is 11.8 Å². The van der Waals surface area contributed by atoms with Crippen LogP contribution in [0, 0.1) is 17.8 Å². The summed E-state index contributed by atoms with van der Waals surface area (Å²) in [5.41, 5.74) is 0.306. The van der Waals surface area contributed by atoms with E-state index in [2.05, 4.69) is 37.6 Å². The maximum atomic E-state index is 13.4. The van der Waals surface area contributed by atoms with E-state index in [1.165, 1.54) is 38.6 Å². The van der Waals surface area contributed by atoms with Crippen LogP contribution in [0.1, 0.15) is 43.9 Å². The smallest absolute Gasteiger partial charge is 0.408 e. The van der Waals surface area contributed by atoms with Crippen LogP contribution in [0.2, 0.25) is 0 Å². The van der Waals surface area contributed by atoms with Gasteiger partial charge in [0.05, 0.1) is 40.1 Å². The molecule has 16 heteroatoms. The zero-order valence-corrected chi connectivity index (χ0v) is 26.7. The number of rotatable bonds is 6. The number of alkyl halides is 3. The highest BCUT2D eigenvalue weighted by molar-refractivity contribution is 6.00. The Balaban J connectivity index is 1.00. The van der Waals surface area contributed by atoms with Crippen molar-refractivity contribution in [2.75, 3.05) is 23.3 Å². The molecule has 256 valence electrons. The van der Waals surface area contributed by atoms with Crippen molar-refractivity contribution in [1.29, 1.82) is 0 Å². The second kappa shape index (κ2) is 12.1. The average Bonchev–Trinajstić information content (AvgIpc) is 3.81. The fraction of sp³-hybridized carbons (Fsp3) is 0.294. The highest BCUT2D eigenvalue weighted by atomic mass is 19.4. The number of oxazole rings is 1. The molecule has 5 aromatic rings. The Morgan fingerprint density at radius 3 is 2.60 bits per heavy atom. The van der Waals surface area contributed by atoms with Gasteiger partial charge in [-0.3, -0.25) is 28.9 Å². The Labute approximate surface area is 281 Å². The summed E-state index contributed by atoms with van der Waals surface area (Å²) in [6.45, 7) is 4.49. The molecule has 1 atom stereocenters. The fourth-order valence-electron chi connectivity index (χ4n) is 5.90. The topological polar surface area (TPSA) is 149 Å². The molecule has 2 saturated heterocycles. The molecule has 3 amide bonds. The molecule has 0 aliphatic carbocycles. The third kappa shape index (κ3) is 6.02. The van der Waals surface area contributed by atoms with Gasteiger partial charge in [0.2, 0.25) is 11.8 Å². The van der Waals surface area contributed by atoms with E-state index in [-0.39, 0.29) is 36.0 Å². The average molecular weight is 687 g/mol. The number of aromatic nitrogens is 5.